The molecular formula is C22H26N4O2. The van der Waals surface area contributed by atoms with Crippen LogP contribution in [-0.2, 0) is 28.9 Å². The van der Waals surface area contributed by atoms with Gasteiger partial charge in [0.1, 0.15) is 0 Å². The van der Waals surface area contributed by atoms with E-state index in [-0.39, 0.29) is 12.0 Å². The molecule has 0 saturated carbocycles. The summed E-state index contributed by atoms with van der Waals surface area (Å²) in [6.07, 6.45) is 12.1. The van der Waals surface area contributed by atoms with Crippen molar-refractivity contribution in [2.75, 3.05) is 11.9 Å². The molecular weight excluding hydrogens is 352 g/mol. The summed E-state index contributed by atoms with van der Waals surface area (Å²) in [6.45, 7) is 2.94. The second-order valence-electron chi connectivity index (χ2n) is 6.77. The third-order valence-electron chi connectivity index (χ3n) is 4.50. The number of aryl methyl sites for hydroxylation is 1. The summed E-state index contributed by atoms with van der Waals surface area (Å²) in [4.78, 5) is 19.3. The number of hydrogen-bond acceptors (Lipinski definition) is 4. The SMILES string of the molecule is CC(=O)Nc1ccc(CCOC(CCc2ccncc2)Cn2ccnc2)cc1. The Morgan fingerprint density at radius 2 is 1.79 bits per heavy atom. The van der Waals surface area contributed by atoms with E-state index in [0.29, 0.717) is 6.61 Å². The van der Waals surface area contributed by atoms with Crippen LogP contribution in [0, 0.1) is 0 Å². The molecule has 1 amide bonds. The summed E-state index contributed by atoms with van der Waals surface area (Å²) in [7, 11) is 0. The molecule has 1 N–H and O–H groups in total. The molecule has 2 heterocycles. The first-order valence-electron chi connectivity index (χ1n) is 9.52. The molecule has 0 bridgehead atoms. The molecule has 1 unspecified atom stereocenters. The van der Waals surface area contributed by atoms with Crippen LogP contribution >= 0.6 is 0 Å². The molecule has 0 spiro atoms. The molecule has 28 heavy (non-hydrogen) atoms. The molecule has 0 radical (unpaired) electrons. The van der Waals surface area contributed by atoms with Crippen molar-refractivity contribution in [1.82, 2.24) is 14.5 Å². The van der Waals surface area contributed by atoms with Gasteiger partial charge in [-0.15, -0.1) is 0 Å². The van der Waals surface area contributed by atoms with Crippen molar-refractivity contribution in [3.63, 3.8) is 0 Å². The molecule has 6 nitrogen and oxygen atoms in total. The van der Waals surface area contributed by atoms with Crippen LogP contribution in [0.1, 0.15) is 24.5 Å². The van der Waals surface area contributed by atoms with Crippen LogP contribution in [0.15, 0.2) is 67.5 Å². The maximum atomic E-state index is 11.1. The summed E-state index contributed by atoms with van der Waals surface area (Å²) in [5, 5.41) is 2.78. The minimum absolute atomic E-state index is 0.0624. The number of imidazole rings is 1. The number of ether oxygens (including phenoxy) is 1. The van der Waals surface area contributed by atoms with Crippen molar-refractivity contribution in [2.24, 2.45) is 0 Å². The quantitative estimate of drug-likeness (QED) is 0.586. The van der Waals surface area contributed by atoms with Crippen LogP contribution in [0.4, 0.5) is 5.69 Å². The molecule has 3 rings (SSSR count). The normalized spacial score (nSPS) is 11.9. The number of carbonyl (C=O) groups is 1. The van der Waals surface area contributed by atoms with Gasteiger partial charge in [0.25, 0.3) is 0 Å². The topological polar surface area (TPSA) is 69.0 Å². The van der Waals surface area contributed by atoms with Crippen LogP contribution in [-0.4, -0.2) is 33.2 Å². The Kier molecular flexibility index (Phi) is 7.32. The molecule has 0 saturated heterocycles. The Bertz CT molecular complexity index is 833. The number of amides is 1. The van der Waals surface area contributed by atoms with E-state index in [4.69, 9.17) is 4.74 Å². The van der Waals surface area contributed by atoms with Crippen LogP contribution in [0.3, 0.4) is 0 Å². The highest BCUT2D eigenvalue weighted by molar-refractivity contribution is 5.88. The lowest BCUT2D eigenvalue weighted by Crippen LogP contribution is -2.21. The number of aromatic nitrogens is 3. The van der Waals surface area contributed by atoms with Gasteiger partial charge in [-0.3, -0.25) is 9.78 Å². The first-order valence-corrected chi connectivity index (χ1v) is 9.52. The zero-order valence-corrected chi connectivity index (χ0v) is 16.1. The average Bonchev–Trinajstić information content (AvgIpc) is 3.21. The molecule has 1 aromatic carbocycles. The lowest BCUT2D eigenvalue weighted by Gasteiger charge is -2.19. The lowest BCUT2D eigenvalue weighted by atomic mass is 10.1. The molecule has 0 aliphatic carbocycles. The first kappa shape index (κ1) is 19.8. The van der Waals surface area contributed by atoms with Crippen LogP contribution in [0.2, 0.25) is 0 Å². The number of rotatable bonds is 10. The van der Waals surface area contributed by atoms with E-state index >= 15 is 0 Å². The third-order valence-corrected chi connectivity index (χ3v) is 4.50. The average molecular weight is 378 g/mol. The number of pyridine rings is 1. The summed E-state index contributed by atoms with van der Waals surface area (Å²) < 4.78 is 8.26. The highest BCUT2D eigenvalue weighted by Crippen LogP contribution is 2.13. The van der Waals surface area contributed by atoms with E-state index in [2.05, 4.69) is 19.9 Å². The molecule has 2 aromatic heterocycles. The predicted octanol–water partition coefficient (Wildman–Crippen LogP) is 3.50. The summed E-state index contributed by atoms with van der Waals surface area (Å²) in [5.41, 5.74) is 3.26. The number of nitrogens with one attached hydrogen (secondary N) is 1. The molecule has 1 atom stereocenters. The molecule has 0 fully saturated rings. The van der Waals surface area contributed by atoms with Crippen molar-refractivity contribution in [3.8, 4) is 0 Å². The molecule has 3 aromatic rings. The number of hydrogen-bond donors (Lipinski definition) is 1. The van der Waals surface area contributed by atoms with Gasteiger partial charge in [0.05, 0.1) is 19.0 Å². The number of nitrogens with zero attached hydrogens (tertiary/aromatic N) is 3. The van der Waals surface area contributed by atoms with E-state index in [1.165, 1.54) is 18.1 Å². The Morgan fingerprint density at radius 3 is 2.46 bits per heavy atom. The van der Waals surface area contributed by atoms with Gasteiger partial charge in [0.15, 0.2) is 0 Å². The Balaban J connectivity index is 1.51. The zero-order valence-electron chi connectivity index (χ0n) is 16.1. The molecule has 6 heteroatoms. The summed E-state index contributed by atoms with van der Waals surface area (Å²) >= 11 is 0. The van der Waals surface area contributed by atoms with Gasteiger partial charge < -0.3 is 14.6 Å². The van der Waals surface area contributed by atoms with Crippen LogP contribution < -0.4 is 5.32 Å². The predicted molar refractivity (Wildman–Crippen MR) is 109 cm³/mol. The summed E-state index contributed by atoms with van der Waals surface area (Å²) in [5.74, 6) is -0.0624. The third kappa shape index (κ3) is 6.63. The van der Waals surface area contributed by atoms with Crippen molar-refractivity contribution < 1.29 is 9.53 Å². The molecule has 0 aliphatic rings. The van der Waals surface area contributed by atoms with Gasteiger partial charge in [0.2, 0.25) is 5.91 Å². The second kappa shape index (κ2) is 10.4. The van der Waals surface area contributed by atoms with Crippen molar-refractivity contribution in [1.29, 1.82) is 0 Å². The Morgan fingerprint density at radius 1 is 1.04 bits per heavy atom. The standard InChI is InChI=1S/C22H26N4O2/c1-18(27)25-21-5-2-19(3-6-21)10-15-28-22(16-26-14-13-24-17-26)7-4-20-8-11-23-12-9-20/h2-3,5-6,8-9,11-14,17,22H,4,7,10,15-16H2,1H3,(H,25,27). The van der Waals surface area contributed by atoms with Gasteiger partial charge in [-0.1, -0.05) is 12.1 Å². The fraction of sp³-hybridized carbons (Fsp3) is 0.318. The number of carbonyl (C=O) groups excluding carboxylic acids is 1. The van der Waals surface area contributed by atoms with Crippen LogP contribution in [0.25, 0.3) is 0 Å². The van der Waals surface area contributed by atoms with Gasteiger partial charge in [-0.2, -0.15) is 0 Å². The highest BCUT2D eigenvalue weighted by Gasteiger charge is 2.11. The Hall–Kier alpha value is -2.99. The maximum Gasteiger partial charge on any atom is 0.221 e. The fourth-order valence-corrected chi connectivity index (χ4v) is 3.04. The second-order valence-corrected chi connectivity index (χ2v) is 6.77. The largest absolute Gasteiger partial charge is 0.376 e. The minimum Gasteiger partial charge on any atom is -0.376 e. The zero-order chi connectivity index (χ0) is 19.6. The monoisotopic (exact) mass is 378 g/mol. The fourth-order valence-electron chi connectivity index (χ4n) is 3.04. The highest BCUT2D eigenvalue weighted by atomic mass is 16.5. The molecule has 0 aliphatic heterocycles. The van der Waals surface area contributed by atoms with E-state index in [0.717, 1.165) is 31.5 Å². The lowest BCUT2D eigenvalue weighted by molar-refractivity contribution is -0.114. The van der Waals surface area contributed by atoms with E-state index < -0.39 is 0 Å². The van der Waals surface area contributed by atoms with Gasteiger partial charge in [-0.05, 0) is 54.7 Å². The first-order chi connectivity index (χ1) is 13.7. The molecule has 146 valence electrons. The van der Waals surface area contributed by atoms with Gasteiger partial charge in [0, 0.05) is 43.9 Å². The van der Waals surface area contributed by atoms with E-state index in [9.17, 15) is 4.79 Å². The van der Waals surface area contributed by atoms with Gasteiger partial charge in [-0.25, -0.2) is 4.98 Å². The van der Waals surface area contributed by atoms with E-state index in [1.54, 1.807) is 6.20 Å². The minimum atomic E-state index is -0.0624. The van der Waals surface area contributed by atoms with Crippen LogP contribution in [0.5, 0.6) is 0 Å². The van der Waals surface area contributed by atoms with Crippen molar-refractivity contribution in [2.45, 2.75) is 38.8 Å². The van der Waals surface area contributed by atoms with Gasteiger partial charge >= 0.3 is 0 Å². The maximum absolute atomic E-state index is 11.1. The number of anilines is 1. The van der Waals surface area contributed by atoms with Crippen molar-refractivity contribution >= 4 is 11.6 Å². The smallest absolute Gasteiger partial charge is 0.221 e. The number of benzene rings is 1. The summed E-state index contributed by atoms with van der Waals surface area (Å²) in [6, 6.07) is 12.0. The van der Waals surface area contributed by atoms with E-state index in [1.807, 2.05) is 61.3 Å². The Labute approximate surface area is 165 Å². The van der Waals surface area contributed by atoms with Crippen molar-refractivity contribution in [3.05, 3.63) is 78.6 Å².